The molecule has 2 aromatic carbocycles. The maximum absolute atomic E-state index is 15.0. The molecule has 1 N–H and O–H groups in total. The van der Waals surface area contributed by atoms with E-state index in [4.69, 9.17) is 0 Å². The second-order valence-corrected chi connectivity index (χ2v) is 10.8. The molecule has 9 nitrogen and oxygen atoms in total. The molecular formula is C31H34FN5O4. The zero-order chi connectivity index (χ0) is 29.4. The topological polar surface area (TPSA) is 95.0 Å². The molecule has 1 aliphatic carbocycles. The van der Waals surface area contributed by atoms with Crippen LogP contribution in [0, 0.1) is 19.7 Å². The van der Waals surface area contributed by atoms with Gasteiger partial charge in [-0.1, -0.05) is 12.1 Å². The monoisotopic (exact) mass is 559 g/mol. The average molecular weight is 560 g/mol. The van der Waals surface area contributed by atoms with E-state index in [1.54, 1.807) is 67.1 Å². The lowest BCUT2D eigenvalue weighted by Gasteiger charge is -2.29. The first-order valence-electron chi connectivity index (χ1n) is 13.8. The third kappa shape index (κ3) is 5.33. The standard InChI is InChI=1S/C31H34FN5O4/c1-19-10-13-25(24(32)16-19)33-28-26(31(41)34(3)22-11-12-22)27(20(2)29(39)35(28)4)37(18-38)23-9-7-8-21(17-23)30(40)36-14-5-6-15-36/h7-10,13,16-18,22,33H,5-6,11-12,14-15H2,1-4H3. The lowest BCUT2D eigenvalue weighted by Crippen LogP contribution is -2.35. The van der Waals surface area contributed by atoms with E-state index in [1.165, 1.54) is 22.6 Å². The van der Waals surface area contributed by atoms with Crippen LogP contribution in [-0.4, -0.2) is 58.8 Å². The van der Waals surface area contributed by atoms with Gasteiger partial charge < -0.3 is 15.1 Å². The van der Waals surface area contributed by atoms with E-state index in [0.717, 1.165) is 25.7 Å². The molecule has 1 aliphatic heterocycles. The van der Waals surface area contributed by atoms with Crippen molar-refractivity contribution in [1.29, 1.82) is 0 Å². The molecule has 3 aromatic rings. The maximum Gasteiger partial charge on any atom is 0.259 e. The van der Waals surface area contributed by atoms with Gasteiger partial charge in [-0.05, 0) is 75.4 Å². The van der Waals surface area contributed by atoms with Gasteiger partial charge in [0.05, 0.1) is 11.4 Å². The van der Waals surface area contributed by atoms with E-state index >= 15 is 0 Å². The lowest BCUT2D eigenvalue weighted by molar-refractivity contribution is -0.106. The Balaban J connectivity index is 1.70. The zero-order valence-electron chi connectivity index (χ0n) is 23.7. The van der Waals surface area contributed by atoms with Gasteiger partial charge >= 0.3 is 0 Å². The van der Waals surface area contributed by atoms with Crippen LogP contribution in [0.5, 0.6) is 0 Å². The van der Waals surface area contributed by atoms with Gasteiger partial charge in [0, 0.05) is 50.0 Å². The molecule has 10 heteroatoms. The number of carbonyl (C=O) groups excluding carboxylic acids is 3. The van der Waals surface area contributed by atoms with Gasteiger partial charge in [-0.25, -0.2) is 4.39 Å². The van der Waals surface area contributed by atoms with Crippen molar-refractivity contribution < 1.29 is 18.8 Å². The first-order valence-corrected chi connectivity index (χ1v) is 13.8. The summed E-state index contributed by atoms with van der Waals surface area (Å²) in [6.07, 6.45) is 4.10. The number of nitrogens with zero attached hydrogens (tertiary/aromatic N) is 4. The highest BCUT2D eigenvalue weighted by molar-refractivity contribution is 6.09. The summed E-state index contributed by atoms with van der Waals surface area (Å²) in [6.45, 7) is 4.66. The normalized spacial score (nSPS) is 14.6. The predicted molar refractivity (Wildman–Crippen MR) is 156 cm³/mol. The Labute approximate surface area is 238 Å². The van der Waals surface area contributed by atoms with Crippen molar-refractivity contribution in [2.75, 3.05) is 30.4 Å². The zero-order valence-corrected chi connectivity index (χ0v) is 23.7. The van der Waals surface area contributed by atoms with E-state index in [2.05, 4.69) is 5.32 Å². The third-order valence-electron chi connectivity index (χ3n) is 7.91. The summed E-state index contributed by atoms with van der Waals surface area (Å²) in [7, 11) is 3.18. The fourth-order valence-corrected chi connectivity index (χ4v) is 5.36. The summed E-state index contributed by atoms with van der Waals surface area (Å²) in [5.74, 6) is -1.04. The number of pyridine rings is 1. The van der Waals surface area contributed by atoms with Crippen molar-refractivity contribution in [3.63, 3.8) is 0 Å². The van der Waals surface area contributed by atoms with E-state index in [1.807, 2.05) is 0 Å². The van der Waals surface area contributed by atoms with Crippen LogP contribution in [0.4, 0.5) is 27.3 Å². The summed E-state index contributed by atoms with van der Waals surface area (Å²) in [4.78, 5) is 58.1. The Morgan fingerprint density at radius 2 is 1.78 bits per heavy atom. The molecule has 2 heterocycles. The van der Waals surface area contributed by atoms with Crippen molar-refractivity contribution in [2.45, 2.75) is 45.6 Å². The molecule has 2 fully saturated rings. The van der Waals surface area contributed by atoms with Crippen LogP contribution in [0.1, 0.15) is 57.5 Å². The van der Waals surface area contributed by atoms with Gasteiger partial charge in [-0.15, -0.1) is 0 Å². The predicted octanol–water partition coefficient (Wildman–Crippen LogP) is 4.65. The van der Waals surface area contributed by atoms with E-state index in [0.29, 0.717) is 36.3 Å². The van der Waals surface area contributed by atoms with Crippen molar-refractivity contribution in [2.24, 2.45) is 7.05 Å². The van der Waals surface area contributed by atoms with Gasteiger partial charge in [0.25, 0.3) is 17.4 Å². The molecule has 2 aliphatic rings. The van der Waals surface area contributed by atoms with E-state index in [-0.39, 0.29) is 40.3 Å². The van der Waals surface area contributed by atoms with Crippen LogP contribution in [-0.2, 0) is 11.8 Å². The first-order chi connectivity index (χ1) is 19.6. The number of aryl methyl sites for hydroxylation is 1. The molecule has 214 valence electrons. The molecule has 1 saturated carbocycles. The van der Waals surface area contributed by atoms with Gasteiger partial charge in [0.1, 0.15) is 17.2 Å². The average Bonchev–Trinajstić information content (AvgIpc) is 3.68. The van der Waals surface area contributed by atoms with Crippen molar-refractivity contribution >= 4 is 41.1 Å². The van der Waals surface area contributed by atoms with E-state index < -0.39 is 17.3 Å². The Bertz CT molecular complexity index is 1590. The largest absolute Gasteiger partial charge is 0.339 e. The van der Waals surface area contributed by atoms with Gasteiger partial charge in [-0.2, -0.15) is 0 Å². The SMILES string of the molecule is Cc1ccc(Nc2c(C(=O)N(C)C3CC3)c(N(C=O)c3cccc(C(=O)N4CCCC4)c3)c(C)c(=O)n2C)c(F)c1. The Morgan fingerprint density at radius 3 is 2.41 bits per heavy atom. The molecule has 41 heavy (non-hydrogen) atoms. The van der Waals surface area contributed by atoms with Crippen LogP contribution >= 0.6 is 0 Å². The van der Waals surface area contributed by atoms with Crippen LogP contribution in [0.2, 0.25) is 0 Å². The smallest absolute Gasteiger partial charge is 0.259 e. The number of nitrogens with one attached hydrogen (secondary N) is 1. The van der Waals surface area contributed by atoms with Crippen LogP contribution < -0.4 is 15.8 Å². The fourth-order valence-electron chi connectivity index (χ4n) is 5.36. The number of amides is 3. The highest BCUT2D eigenvalue weighted by Crippen LogP contribution is 2.38. The van der Waals surface area contributed by atoms with Crippen molar-refractivity contribution in [3.8, 4) is 0 Å². The maximum atomic E-state index is 15.0. The van der Waals surface area contributed by atoms with Crippen molar-refractivity contribution in [1.82, 2.24) is 14.4 Å². The summed E-state index contributed by atoms with van der Waals surface area (Å²) < 4.78 is 16.2. The van der Waals surface area contributed by atoms with Gasteiger partial charge in [-0.3, -0.25) is 28.6 Å². The minimum absolute atomic E-state index is 0.0305. The molecular weight excluding hydrogens is 525 g/mol. The number of likely N-dealkylation sites (tertiary alicyclic amines) is 1. The molecule has 5 rings (SSSR count). The minimum atomic E-state index is -0.547. The molecule has 0 radical (unpaired) electrons. The second-order valence-electron chi connectivity index (χ2n) is 10.8. The number of anilines is 4. The summed E-state index contributed by atoms with van der Waals surface area (Å²) in [5, 5.41) is 2.97. The number of rotatable bonds is 8. The first kappa shape index (κ1) is 28.1. The van der Waals surface area contributed by atoms with E-state index in [9.17, 15) is 23.6 Å². The quantitative estimate of drug-likeness (QED) is 0.406. The number of carbonyl (C=O) groups is 3. The molecule has 0 atom stereocenters. The van der Waals surface area contributed by atoms with Gasteiger partial charge in [0.2, 0.25) is 6.41 Å². The number of hydrogen-bond acceptors (Lipinski definition) is 5. The minimum Gasteiger partial charge on any atom is -0.339 e. The Kier molecular flexibility index (Phi) is 7.66. The van der Waals surface area contributed by atoms with Crippen LogP contribution in [0.3, 0.4) is 0 Å². The van der Waals surface area contributed by atoms with Crippen molar-refractivity contribution in [3.05, 3.63) is 80.9 Å². The molecule has 0 bridgehead atoms. The van der Waals surface area contributed by atoms with Crippen LogP contribution in [0.25, 0.3) is 0 Å². The fraction of sp³-hybridized carbons (Fsp3) is 0.355. The Morgan fingerprint density at radius 1 is 1.07 bits per heavy atom. The molecule has 1 aromatic heterocycles. The Hall–Kier alpha value is -4.47. The van der Waals surface area contributed by atoms with Crippen LogP contribution in [0.15, 0.2) is 47.3 Å². The molecule has 3 amide bonds. The highest BCUT2D eigenvalue weighted by atomic mass is 19.1. The third-order valence-corrected chi connectivity index (χ3v) is 7.91. The highest BCUT2D eigenvalue weighted by Gasteiger charge is 2.36. The number of aromatic nitrogens is 1. The van der Waals surface area contributed by atoms with Gasteiger partial charge in [0.15, 0.2) is 0 Å². The molecule has 0 unspecified atom stereocenters. The number of benzene rings is 2. The number of halogens is 1. The lowest BCUT2D eigenvalue weighted by atomic mass is 10.0. The molecule has 1 saturated heterocycles. The summed E-state index contributed by atoms with van der Waals surface area (Å²) in [6, 6.07) is 11.2. The number of hydrogen-bond donors (Lipinski definition) is 1. The summed E-state index contributed by atoms with van der Waals surface area (Å²) >= 11 is 0. The summed E-state index contributed by atoms with van der Waals surface area (Å²) in [5.41, 5.74) is 1.38. The second kappa shape index (κ2) is 11.2. The molecule has 0 spiro atoms.